The molecule has 0 fully saturated rings. The molecule has 0 heterocycles. The molecule has 0 amide bonds. The average Bonchev–Trinajstić information content (AvgIpc) is 2.19. The van der Waals surface area contributed by atoms with Crippen molar-refractivity contribution in [2.45, 2.75) is 0 Å². The third-order valence-electron chi connectivity index (χ3n) is 1.39. The maximum Gasteiger partial charge on any atom is 0.146 e. The molecule has 0 rings (SSSR count). The molecule has 0 aliphatic rings. The molecule has 0 radical (unpaired) electrons. The Morgan fingerprint density at radius 2 is 1.36 bits per heavy atom. The second-order valence-electron chi connectivity index (χ2n) is 2.58. The molecular formula is C8H19NO5. The third kappa shape index (κ3) is 9.85. The number of methoxy groups -OCH3 is 2. The molecule has 6 nitrogen and oxygen atoms in total. The highest BCUT2D eigenvalue weighted by Crippen LogP contribution is 1.84. The van der Waals surface area contributed by atoms with E-state index in [-0.39, 0.29) is 13.6 Å². The number of hydrogen-bond donors (Lipinski definition) is 1. The average molecular weight is 209 g/mol. The number of hydroxylamine groups is 2. The molecule has 0 saturated carbocycles. The highest BCUT2D eigenvalue weighted by Gasteiger charge is 1.99. The van der Waals surface area contributed by atoms with E-state index in [1.165, 1.54) is 0 Å². The molecule has 0 aromatic rings. The van der Waals surface area contributed by atoms with Crippen molar-refractivity contribution in [3.8, 4) is 0 Å². The molecule has 0 aromatic carbocycles. The SMILES string of the molecule is COCOCCN(O)CCOCOC. The van der Waals surface area contributed by atoms with Gasteiger partial charge in [-0.3, -0.25) is 0 Å². The van der Waals surface area contributed by atoms with Crippen LogP contribution in [0.15, 0.2) is 0 Å². The van der Waals surface area contributed by atoms with Crippen LogP contribution < -0.4 is 0 Å². The van der Waals surface area contributed by atoms with E-state index in [1.807, 2.05) is 0 Å². The Labute approximate surface area is 84.3 Å². The largest absolute Gasteiger partial charge is 0.359 e. The van der Waals surface area contributed by atoms with E-state index >= 15 is 0 Å². The van der Waals surface area contributed by atoms with Gasteiger partial charge in [0.15, 0.2) is 0 Å². The van der Waals surface area contributed by atoms with Gasteiger partial charge in [-0.25, -0.2) is 0 Å². The van der Waals surface area contributed by atoms with Gasteiger partial charge in [0, 0.05) is 27.3 Å². The summed E-state index contributed by atoms with van der Waals surface area (Å²) in [4.78, 5) is 0. The third-order valence-corrected chi connectivity index (χ3v) is 1.39. The fourth-order valence-electron chi connectivity index (χ4n) is 0.736. The van der Waals surface area contributed by atoms with Crippen LogP contribution in [-0.2, 0) is 18.9 Å². The molecule has 0 saturated heterocycles. The molecule has 1 N–H and O–H groups in total. The van der Waals surface area contributed by atoms with Crippen LogP contribution in [0.1, 0.15) is 0 Å². The van der Waals surface area contributed by atoms with Crippen molar-refractivity contribution in [3.05, 3.63) is 0 Å². The summed E-state index contributed by atoms with van der Waals surface area (Å²) >= 11 is 0. The zero-order valence-corrected chi connectivity index (χ0v) is 8.77. The first kappa shape index (κ1) is 13.8. The van der Waals surface area contributed by atoms with Crippen molar-refractivity contribution in [2.75, 3.05) is 54.1 Å². The number of ether oxygens (including phenoxy) is 4. The lowest BCUT2D eigenvalue weighted by atomic mass is 10.6. The van der Waals surface area contributed by atoms with Gasteiger partial charge in [-0.15, -0.1) is 0 Å². The van der Waals surface area contributed by atoms with Crippen molar-refractivity contribution in [1.29, 1.82) is 0 Å². The van der Waals surface area contributed by atoms with E-state index in [0.29, 0.717) is 26.3 Å². The van der Waals surface area contributed by atoms with E-state index in [1.54, 1.807) is 14.2 Å². The van der Waals surface area contributed by atoms with Gasteiger partial charge in [0.1, 0.15) is 13.6 Å². The van der Waals surface area contributed by atoms with Crippen molar-refractivity contribution >= 4 is 0 Å². The number of nitrogens with zero attached hydrogens (tertiary/aromatic N) is 1. The summed E-state index contributed by atoms with van der Waals surface area (Å²) in [6.07, 6.45) is 0. The molecule has 0 aromatic heterocycles. The van der Waals surface area contributed by atoms with Gasteiger partial charge in [-0.05, 0) is 0 Å². The molecule has 0 atom stereocenters. The Morgan fingerprint density at radius 1 is 0.929 bits per heavy atom. The maximum absolute atomic E-state index is 9.24. The lowest BCUT2D eigenvalue weighted by molar-refractivity contribution is -0.135. The second kappa shape index (κ2) is 10.8. The van der Waals surface area contributed by atoms with Crippen LogP contribution in [-0.4, -0.2) is 64.4 Å². The molecule has 86 valence electrons. The van der Waals surface area contributed by atoms with E-state index in [9.17, 15) is 5.21 Å². The normalized spacial score (nSPS) is 11.1. The van der Waals surface area contributed by atoms with Crippen LogP contribution in [0.5, 0.6) is 0 Å². The van der Waals surface area contributed by atoms with Gasteiger partial charge in [-0.1, -0.05) is 0 Å². The second-order valence-corrected chi connectivity index (χ2v) is 2.58. The van der Waals surface area contributed by atoms with Gasteiger partial charge >= 0.3 is 0 Å². The van der Waals surface area contributed by atoms with Crippen molar-refractivity contribution in [3.63, 3.8) is 0 Å². The summed E-state index contributed by atoms with van der Waals surface area (Å²) in [7, 11) is 3.10. The zero-order valence-electron chi connectivity index (χ0n) is 8.77. The van der Waals surface area contributed by atoms with E-state index in [0.717, 1.165) is 5.06 Å². The molecule has 0 aliphatic heterocycles. The quantitative estimate of drug-likeness (QED) is 0.308. The lowest BCUT2D eigenvalue weighted by Gasteiger charge is -2.14. The predicted molar refractivity (Wildman–Crippen MR) is 49.0 cm³/mol. The highest BCUT2D eigenvalue weighted by atomic mass is 16.7. The Hall–Kier alpha value is -0.240. The molecule has 0 unspecified atom stereocenters. The van der Waals surface area contributed by atoms with Crippen LogP contribution in [0.25, 0.3) is 0 Å². The van der Waals surface area contributed by atoms with Gasteiger partial charge in [0.2, 0.25) is 0 Å². The first-order valence-electron chi connectivity index (χ1n) is 4.38. The summed E-state index contributed by atoms with van der Waals surface area (Å²) in [5, 5.41) is 10.4. The van der Waals surface area contributed by atoms with Crippen molar-refractivity contribution in [1.82, 2.24) is 5.06 Å². The van der Waals surface area contributed by atoms with Crippen LogP contribution in [0.3, 0.4) is 0 Å². The lowest BCUT2D eigenvalue weighted by Crippen LogP contribution is -2.28. The minimum atomic E-state index is 0.244. The van der Waals surface area contributed by atoms with E-state index in [2.05, 4.69) is 9.47 Å². The summed E-state index contributed by atoms with van der Waals surface area (Å²) < 4.78 is 19.3. The minimum Gasteiger partial charge on any atom is -0.359 e. The fourth-order valence-corrected chi connectivity index (χ4v) is 0.736. The molecule has 14 heavy (non-hydrogen) atoms. The molecule has 0 aliphatic carbocycles. The first-order chi connectivity index (χ1) is 6.81. The predicted octanol–water partition coefficient (Wildman–Crippen LogP) is -0.0814. The molecule has 0 bridgehead atoms. The number of rotatable bonds is 10. The monoisotopic (exact) mass is 209 g/mol. The maximum atomic E-state index is 9.24. The molecule has 6 heteroatoms. The van der Waals surface area contributed by atoms with Crippen molar-refractivity contribution < 1.29 is 24.2 Å². The highest BCUT2D eigenvalue weighted by molar-refractivity contribution is 4.42. The fraction of sp³-hybridized carbons (Fsp3) is 1.00. The molecule has 0 spiro atoms. The minimum absolute atomic E-state index is 0.244. The van der Waals surface area contributed by atoms with Crippen molar-refractivity contribution in [2.24, 2.45) is 0 Å². The Kier molecular flexibility index (Phi) is 10.7. The molecular weight excluding hydrogens is 190 g/mol. The Bertz CT molecular complexity index is 102. The first-order valence-corrected chi connectivity index (χ1v) is 4.38. The van der Waals surface area contributed by atoms with Crippen LogP contribution in [0.2, 0.25) is 0 Å². The van der Waals surface area contributed by atoms with E-state index < -0.39 is 0 Å². The Morgan fingerprint density at radius 3 is 1.71 bits per heavy atom. The smallest absolute Gasteiger partial charge is 0.146 e. The van der Waals surface area contributed by atoms with Crippen LogP contribution >= 0.6 is 0 Å². The topological polar surface area (TPSA) is 60.4 Å². The van der Waals surface area contributed by atoms with Crippen LogP contribution in [0.4, 0.5) is 0 Å². The number of hydrogen-bond acceptors (Lipinski definition) is 6. The summed E-state index contributed by atoms with van der Waals surface area (Å²) in [6.45, 7) is 2.20. The van der Waals surface area contributed by atoms with Gasteiger partial charge in [0.25, 0.3) is 0 Å². The zero-order chi connectivity index (χ0) is 10.6. The van der Waals surface area contributed by atoms with Gasteiger partial charge < -0.3 is 24.2 Å². The summed E-state index contributed by atoms with van der Waals surface area (Å²) in [5.74, 6) is 0. The summed E-state index contributed by atoms with van der Waals surface area (Å²) in [5.41, 5.74) is 0. The van der Waals surface area contributed by atoms with Gasteiger partial charge in [0.05, 0.1) is 13.2 Å². The Balaban J connectivity index is 3.07. The summed E-state index contributed by atoms with van der Waals surface area (Å²) in [6, 6.07) is 0. The van der Waals surface area contributed by atoms with Crippen LogP contribution in [0, 0.1) is 0 Å². The van der Waals surface area contributed by atoms with Gasteiger partial charge in [-0.2, -0.15) is 5.06 Å². The van der Waals surface area contributed by atoms with E-state index in [4.69, 9.17) is 9.47 Å². The standard InChI is InChI=1S/C8H19NO5/c1-11-7-13-5-3-9(10)4-6-14-8-12-2/h10H,3-8H2,1-2H3.